The number of ether oxygens (including phenoxy) is 1. The van der Waals surface area contributed by atoms with E-state index >= 15 is 0 Å². The van der Waals surface area contributed by atoms with Crippen LogP contribution in [0, 0.1) is 11.3 Å². The summed E-state index contributed by atoms with van der Waals surface area (Å²) in [6, 6.07) is 0. The van der Waals surface area contributed by atoms with Gasteiger partial charge in [0.05, 0.1) is 12.7 Å². The summed E-state index contributed by atoms with van der Waals surface area (Å²) in [5.41, 5.74) is 0.616. The van der Waals surface area contributed by atoms with Crippen molar-refractivity contribution in [3.05, 3.63) is 0 Å². The van der Waals surface area contributed by atoms with Gasteiger partial charge in [-0.1, -0.05) is 13.8 Å². The normalized spacial score (nSPS) is 37.1. The first-order chi connectivity index (χ1) is 5.17. The summed E-state index contributed by atoms with van der Waals surface area (Å²) in [7, 11) is 0. The molecule has 1 aliphatic carbocycles. The van der Waals surface area contributed by atoms with Crippen LogP contribution in [0.15, 0.2) is 0 Å². The highest BCUT2D eigenvalue weighted by atomic mass is 16.6. The predicted octanol–water partition coefficient (Wildman–Crippen LogP) is 2.60. The zero-order chi connectivity index (χ0) is 7.90. The third-order valence-corrected chi connectivity index (χ3v) is 3.27. The molecule has 1 saturated heterocycles. The summed E-state index contributed by atoms with van der Waals surface area (Å²) in [4.78, 5) is 0. The first-order valence-corrected chi connectivity index (χ1v) is 4.79. The average Bonchev–Trinajstić information content (AvgIpc) is 2.70. The molecular formula is C10H18O. The van der Waals surface area contributed by atoms with Gasteiger partial charge in [0.15, 0.2) is 0 Å². The van der Waals surface area contributed by atoms with Crippen molar-refractivity contribution < 1.29 is 4.74 Å². The Balaban J connectivity index is 1.84. The van der Waals surface area contributed by atoms with Crippen LogP contribution in [0.2, 0.25) is 0 Å². The van der Waals surface area contributed by atoms with Crippen molar-refractivity contribution in [1.29, 1.82) is 0 Å². The Morgan fingerprint density at radius 2 is 1.73 bits per heavy atom. The summed E-state index contributed by atoms with van der Waals surface area (Å²) in [5, 5.41) is 0. The molecule has 0 aromatic rings. The van der Waals surface area contributed by atoms with Crippen molar-refractivity contribution >= 4 is 0 Å². The van der Waals surface area contributed by atoms with Crippen LogP contribution in [0.4, 0.5) is 0 Å². The predicted molar refractivity (Wildman–Crippen MR) is 45.5 cm³/mol. The molecule has 1 heteroatoms. The quantitative estimate of drug-likeness (QED) is 0.529. The summed E-state index contributed by atoms with van der Waals surface area (Å²) in [6.45, 7) is 5.82. The average molecular weight is 154 g/mol. The molecule has 1 aliphatic heterocycles. The Labute approximate surface area is 69.1 Å². The van der Waals surface area contributed by atoms with E-state index < -0.39 is 0 Å². The Morgan fingerprint density at radius 1 is 1.18 bits per heavy atom. The van der Waals surface area contributed by atoms with Crippen LogP contribution >= 0.6 is 0 Å². The molecule has 0 aromatic carbocycles. The summed E-state index contributed by atoms with van der Waals surface area (Å²) >= 11 is 0. The van der Waals surface area contributed by atoms with E-state index in [1.807, 2.05) is 0 Å². The van der Waals surface area contributed by atoms with E-state index in [0.29, 0.717) is 11.5 Å². The molecule has 64 valence electrons. The smallest absolute Gasteiger partial charge is 0.0838 e. The maximum absolute atomic E-state index is 5.32. The molecule has 0 bridgehead atoms. The van der Waals surface area contributed by atoms with E-state index in [9.17, 15) is 0 Å². The molecule has 11 heavy (non-hydrogen) atoms. The topological polar surface area (TPSA) is 12.5 Å². The Kier molecular flexibility index (Phi) is 1.71. The van der Waals surface area contributed by atoms with Crippen LogP contribution in [0.25, 0.3) is 0 Å². The fourth-order valence-corrected chi connectivity index (χ4v) is 2.12. The fourth-order valence-electron chi connectivity index (χ4n) is 2.12. The van der Waals surface area contributed by atoms with Gasteiger partial charge in [0, 0.05) is 0 Å². The molecule has 2 aliphatic rings. The molecule has 0 aromatic heterocycles. The minimum atomic E-state index is 0.616. The van der Waals surface area contributed by atoms with Gasteiger partial charge < -0.3 is 4.74 Å². The van der Waals surface area contributed by atoms with Gasteiger partial charge in [-0.05, 0) is 37.0 Å². The van der Waals surface area contributed by atoms with E-state index in [4.69, 9.17) is 4.74 Å². The third kappa shape index (κ3) is 1.76. The monoisotopic (exact) mass is 154 g/mol. The summed E-state index contributed by atoms with van der Waals surface area (Å²) in [5.74, 6) is 0.906. The highest BCUT2D eigenvalue weighted by Gasteiger charge is 2.37. The van der Waals surface area contributed by atoms with Gasteiger partial charge in [-0.25, -0.2) is 0 Å². The van der Waals surface area contributed by atoms with E-state index in [1.54, 1.807) is 0 Å². The van der Waals surface area contributed by atoms with E-state index in [2.05, 4.69) is 13.8 Å². The second-order valence-electron chi connectivity index (χ2n) is 4.87. The maximum atomic E-state index is 5.32. The summed E-state index contributed by atoms with van der Waals surface area (Å²) in [6.07, 6.45) is 6.26. The number of hydrogen-bond acceptors (Lipinski definition) is 1. The van der Waals surface area contributed by atoms with Crippen molar-refractivity contribution in [2.45, 2.75) is 45.6 Å². The zero-order valence-corrected chi connectivity index (χ0v) is 7.60. The molecule has 0 spiro atoms. The molecule has 1 atom stereocenters. The van der Waals surface area contributed by atoms with Crippen LogP contribution in [0.3, 0.4) is 0 Å². The number of rotatable bonds is 1. The highest BCUT2D eigenvalue weighted by Crippen LogP contribution is 2.41. The van der Waals surface area contributed by atoms with Crippen LogP contribution in [-0.2, 0) is 4.74 Å². The second-order valence-corrected chi connectivity index (χ2v) is 4.87. The molecule has 0 unspecified atom stereocenters. The lowest BCUT2D eigenvalue weighted by Crippen LogP contribution is -2.23. The maximum Gasteiger partial charge on any atom is 0.0838 e. The SMILES string of the molecule is CC1(C)CCC([C@H]2CO2)CC1. The lowest BCUT2D eigenvalue weighted by Gasteiger charge is -2.33. The van der Waals surface area contributed by atoms with Crippen LogP contribution in [0.1, 0.15) is 39.5 Å². The molecule has 0 amide bonds. The number of epoxide rings is 1. The van der Waals surface area contributed by atoms with Gasteiger partial charge in [0.25, 0.3) is 0 Å². The molecule has 2 fully saturated rings. The van der Waals surface area contributed by atoms with Gasteiger partial charge in [0.1, 0.15) is 0 Å². The van der Waals surface area contributed by atoms with Crippen molar-refractivity contribution in [2.24, 2.45) is 11.3 Å². The van der Waals surface area contributed by atoms with E-state index in [1.165, 1.54) is 25.7 Å². The Hall–Kier alpha value is -0.0400. The van der Waals surface area contributed by atoms with Crippen LogP contribution in [-0.4, -0.2) is 12.7 Å². The van der Waals surface area contributed by atoms with Crippen LogP contribution in [0.5, 0.6) is 0 Å². The Morgan fingerprint density at radius 3 is 2.18 bits per heavy atom. The molecule has 0 N–H and O–H groups in total. The van der Waals surface area contributed by atoms with Gasteiger partial charge >= 0.3 is 0 Å². The molecule has 1 nitrogen and oxygen atoms in total. The molecule has 0 radical (unpaired) electrons. The highest BCUT2D eigenvalue weighted by molar-refractivity contribution is 4.86. The van der Waals surface area contributed by atoms with Crippen molar-refractivity contribution in [1.82, 2.24) is 0 Å². The first kappa shape index (κ1) is 7.60. The zero-order valence-electron chi connectivity index (χ0n) is 7.60. The Bertz CT molecular complexity index is 137. The minimum Gasteiger partial charge on any atom is -0.373 e. The molecule has 1 saturated carbocycles. The van der Waals surface area contributed by atoms with E-state index in [0.717, 1.165) is 12.5 Å². The standard InChI is InChI=1S/C10H18O/c1-10(2)5-3-8(4-6-10)9-7-11-9/h8-9H,3-7H2,1-2H3/t9-/m1/s1. The first-order valence-electron chi connectivity index (χ1n) is 4.79. The number of hydrogen-bond donors (Lipinski definition) is 0. The lowest BCUT2D eigenvalue weighted by molar-refractivity contribution is 0.165. The van der Waals surface area contributed by atoms with Gasteiger partial charge in [-0.15, -0.1) is 0 Å². The molecular weight excluding hydrogens is 136 g/mol. The third-order valence-electron chi connectivity index (χ3n) is 3.27. The minimum absolute atomic E-state index is 0.616. The van der Waals surface area contributed by atoms with Crippen LogP contribution < -0.4 is 0 Å². The van der Waals surface area contributed by atoms with E-state index in [-0.39, 0.29) is 0 Å². The summed E-state index contributed by atoms with van der Waals surface area (Å²) < 4.78 is 5.32. The lowest BCUT2D eigenvalue weighted by atomic mass is 9.72. The van der Waals surface area contributed by atoms with Crippen molar-refractivity contribution in [3.8, 4) is 0 Å². The van der Waals surface area contributed by atoms with Gasteiger partial charge in [-0.2, -0.15) is 0 Å². The fraction of sp³-hybridized carbons (Fsp3) is 1.00. The van der Waals surface area contributed by atoms with Crippen molar-refractivity contribution in [2.75, 3.05) is 6.61 Å². The van der Waals surface area contributed by atoms with Crippen molar-refractivity contribution in [3.63, 3.8) is 0 Å². The van der Waals surface area contributed by atoms with Gasteiger partial charge in [0.2, 0.25) is 0 Å². The largest absolute Gasteiger partial charge is 0.373 e. The molecule has 1 heterocycles. The molecule has 2 rings (SSSR count). The van der Waals surface area contributed by atoms with Gasteiger partial charge in [-0.3, -0.25) is 0 Å². The second kappa shape index (κ2) is 2.48.